The lowest BCUT2D eigenvalue weighted by Crippen LogP contribution is -2.49. The minimum absolute atomic E-state index is 0. The molecule has 31 heavy (non-hydrogen) atoms. The van der Waals surface area contributed by atoms with Crippen LogP contribution in [0.4, 0.5) is 5.69 Å². The fraction of sp³-hybridized carbons (Fsp3) is 0.417. The Morgan fingerprint density at radius 1 is 1.00 bits per heavy atom. The third-order valence-corrected chi connectivity index (χ3v) is 5.35. The zero-order valence-corrected chi connectivity index (χ0v) is 20.8. The normalized spacial score (nSPS) is 15.1. The largest absolute Gasteiger partial charge is 0.368 e. The number of anilines is 1. The third kappa shape index (κ3) is 7.72. The van der Waals surface area contributed by atoms with E-state index in [1.807, 2.05) is 36.1 Å². The van der Waals surface area contributed by atoms with Crippen LogP contribution < -0.4 is 15.5 Å². The maximum absolute atomic E-state index is 12.6. The molecule has 1 saturated heterocycles. The van der Waals surface area contributed by atoms with Crippen molar-refractivity contribution in [2.24, 2.45) is 4.99 Å². The van der Waals surface area contributed by atoms with Gasteiger partial charge in [-0.1, -0.05) is 48.5 Å². The van der Waals surface area contributed by atoms with Crippen LogP contribution in [-0.4, -0.2) is 56.0 Å². The summed E-state index contributed by atoms with van der Waals surface area (Å²) in [6.07, 6.45) is 0.432. The average Bonchev–Trinajstić information content (AvgIpc) is 2.80. The number of hydrogen-bond acceptors (Lipinski definition) is 3. The molecular formula is C24H34IN5O. The lowest BCUT2D eigenvalue weighted by atomic mass is 10.1. The summed E-state index contributed by atoms with van der Waals surface area (Å²) in [4.78, 5) is 21.5. The van der Waals surface area contributed by atoms with Crippen LogP contribution in [0.3, 0.4) is 0 Å². The van der Waals surface area contributed by atoms with Crippen molar-refractivity contribution < 1.29 is 4.79 Å². The van der Waals surface area contributed by atoms with E-state index in [1.54, 1.807) is 0 Å². The summed E-state index contributed by atoms with van der Waals surface area (Å²) in [5.41, 5.74) is 2.43. The van der Waals surface area contributed by atoms with Crippen LogP contribution in [0.15, 0.2) is 65.7 Å². The Kier molecular flexibility index (Phi) is 10.6. The molecular weight excluding hydrogens is 501 g/mol. The van der Waals surface area contributed by atoms with Crippen molar-refractivity contribution in [2.75, 3.05) is 44.2 Å². The van der Waals surface area contributed by atoms with Crippen LogP contribution in [0.2, 0.25) is 0 Å². The van der Waals surface area contributed by atoms with Gasteiger partial charge >= 0.3 is 0 Å². The molecule has 1 amide bonds. The lowest BCUT2D eigenvalue weighted by Gasteiger charge is -2.36. The van der Waals surface area contributed by atoms with Gasteiger partial charge in [0.25, 0.3) is 0 Å². The van der Waals surface area contributed by atoms with Gasteiger partial charge in [-0.15, -0.1) is 24.0 Å². The second kappa shape index (κ2) is 13.2. The molecule has 0 aliphatic carbocycles. The Bertz CT molecular complexity index is 807. The van der Waals surface area contributed by atoms with E-state index in [0.29, 0.717) is 13.0 Å². The van der Waals surface area contributed by atoms with E-state index in [0.717, 1.165) is 38.7 Å². The third-order valence-electron chi connectivity index (χ3n) is 5.35. The molecule has 0 radical (unpaired) electrons. The molecule has 1 heterocycles. The molecule has 2 aromatic carbocycles. The molecule has 0 spiro atoms. The molecule has 1 unspecified atom stereocenters. The Morgan fingerprint density at radius 2 is 1.61 bits per heavy atom. The molecule has 1 fully saturated rings. The fourth-order valence-electron chi connectivity index (χ4n) is 3.62. The SMILES string of the molecule is CCNC(=NCCC(=O)N1CCN(c2ccccc2)CC1)NC(C)c1ccccc1.I. The first kappa shape index (κ1) is 25.0. The molecule has 1 atom stereocenters. The van der Waals surface area contributed by atoms with E-state index in [-0.39, 0.29) is 35.9 Å². The fourth-order valence-corrected chi connectivity index (χ4v) is 3.62. The summed E-state index contributed by atoms with van der Waals surface area (Å²) >= 11 is 0. The first-order chi connectivity index (χ1) is 14.7. The minimum atomic E-state index is 0. The summed E-state index contributed by atoms with van der Waals surface area (Å²) in [6, 6.07) is 20.8. The van der Waals surface area contributed by atoms with Crippen LogP contribution >= 0.6 is 24.0 Å². The highest BCUT2D eigenvalue weighted by molar-refractivity contribution is 14.0. The van der Waals surface area contributed by atoms with Gasteiger partial charge in [0.15, 0.2) is 5.96 Å². The highest BCUT2D eigenvalue weighted by Crippen LogP contribution is 2.16. The van der Waals surface area contributed by atoms with E-state index in [9.17, 15) is 4.79 Å². The highest BCUT2D eigenvalue weighted by atomic mass is 127. The van der Waals surface area contributed by atoms with Crippen molar-refractivity contribution in [3.05, 3.63) is 66.2 Å². The number of carbonyl (C=O) groups is 1. The molecule has 6 nitrogen and oxygen atoms in total. The Hall–Kier alpha value is -2.29. The Morgan fingerprint density at radius 3 is 2.23 bits per heavy atom. The maximum Gasteiger partial charge on any atom is 0.224 e. The molecule has 168 valence electrons. The number of piperazine rings is 1. The number of carbonyl (C=O) groups excluding carboxylic acids is 1. The summed E-state index contributed by atoms with van der Waals surface area (Å²) in [6.45, 7) is 8.69. The van der Waals surface area contributed by atoms with E-state index in [4.69, 9.17) is 0 Å². The van der Waals surface area contributed by atoms with E-state index in [2.05, 4.69) is 63.8 Å². The van der Waals surface area contributed by atoms with Gasteiger partial charge in [0.1, 0.15) is 0 Å². The predicted molar refractivity (Wildman–Crippen MR) is 139 cm³/mol. The number of para-hydroxylation sites is 1. The summed E-state index contributed by atoms with van der Waals surface area (Å²) in [5.74, 6) is 0.925. The summed E-state index contributed by atoms with van der Waals surface area (Å²) in [7, 11) is 0. The van der Waals surface area contributed by atoms with E-state index < -0.39 is 0 Å². The van der Waals surface area contributed by atoms with Crippen molar-refractivity contribution >= 4 is 41.5 Å². The number of hydrogen-bond donors (Lipinski definition) is 2. The monoisotopic (exact) mass is 535 g/mol. The highest BCUT2D eigenvalue weighted by Gasteiger charge is 2.20. The second-order valence-corrected chi connectivity index (χ2v) is 7.49. The number of rotatable bonds is 7. The van der Waals surface area contributed by atoms with Crippen LogP contribution in [0.25, 0.3) is 0 Å². The number of aliphatic imine (C=N–C) groups is 1. The number of nitrogens with one attached hydrogen (secondary N) is 2. The van der Waals surface area contributed by atoms with Gasteiger partial charge in [-0.2, -0.15) is 0 Å². The number of amides is 1. The molecule has 2 aromatic rings. The number of benzene rings is 2. The number of guanidine groups is 1. The van der Waals surface area contributed by atoms with Gasteiger partial charge in [-0.25, -0.2) is 0 Å². The summed E-state index contributed by atoms with van der Waals surface area (Å²) < 4.78 is 0. The first-order valence-electron chi connectivity index (χ1n) is 10.8. The molecule has 0 aromatic heterocycles. The van der Waals surface area contributed by atoms with E-state index in [1.165, 1.54) is 11.3 Å². The molecule has 2 N–H and O–H groups in total. The zero-order chi connectivity index (χ0) is 21.2. The van der Waals surface area contributed by atoms with Crippen LogP contribution in [0, 0.1) is 0 Å². The summed E-state index contributed by atoms with van der Waals surface area (Å²) in [5, 5.41) is 6.69. The van der Waals surface area contributed by atoms with Gasteiger partial charge < -0.3 is 20.4 Å². The van der Waals surface area contributed by atoms with Crippen molar-refractivity contribution in [2.45, 2.75) is 26.3 Å². The molecule has 0 bridgehead atoms. The smallest absolute Gasteiger partial charge is 0.224 e. The predicted octanol–water partition coefficient (Wildman–Crippen LogP) is 3.66. The second-order valence-electron chi connectivity index (χ2n) is 7.49. The van der Waals surface area contributed by atoms with Crippen LogP contribution in [-0.2, 0) is 4.79 Å². The quantitative estimate of drug-likeness (QED) is 0.323. The maximum atomic E-state index is 12.6. The van der Waals surface area contributed by atoms with Crippen LogP contribution in [0.5, 0.6) is 0 Å². The van der Waals surface area contributed by atoms with Gasteiger partial charge in [-0.05, 0) is 31.5 Å². The van der Waals surface area contributed by atoms with Gasteiger partial charge in [0, 0.05) is 44.8 Å². The molecule has 1 aliphatic heterocycles. The number of halogens is 1. The van der Waals surface area contributed by atoms with Crippen molar-refractivity contribution in [3.8, 4) is 0 Å². The average molecular weight is 535 g/mol. The van der Waals surface area contributed by atoms with Crippen molar-refractivity contribution in [1.29, 1.82) is 0 Å². The molecule has 0 saturated carbocycles. The Balaban J connectivity index is 0.00000341. The van der Waals surface area contributed by atoms with E-state index >= 15 is 0 Å². The van der Waals surface area contributed by atoms with Gasteiger partial charge in [-0.3, -0.25) is 9.79 Å². The molecule has 3 rings (SSSR count). The standard InChI is InChI=1S/C24H33N5O.HI/c1-3-25-24(27-20(2)21-10-6-4-7-11-21)26-15-14-23(30)29-18-16-28(17-19-29)22-12-8-5-9-13-22;/h4-13,20H,3,14-19H2,1-2H3,(H2,25,26,27);1H. The van der Waals surface area contributed by atoms with Gasteiger partial charge in [0.05, 0.1) is 12.6 Å². The Labute approximate surface area is 203 Å². The van der Waals surface area contributed by atoms with Gasteiger partial charge in [0.2, 0.25) is 5.91 Å². The molecule has 7 heteroatoms. The topological polar surface area (TPSA) is 60.0 Å². The van der Waals surface area contributed by atoms with Crippen molar-refractivity contribution in [3.63, 3.8) is 0 Å². The molecule has 1 aliphatic rings. The van der Waals surface area contributed by atoms with Crippen molar-refractivity contribution in [1.82, 2.24) is 15.5 Å². The van der Waals surface area contributed by atoms with Crippen LogP contribution in [0.1, 0.15) is 31.9 Å². The minimum Gasteiger partial charge on any atom is -0.368 e. The number of nitrogens with zero attached hydrogens (tertiary/aromatic N) is 3. The zero-order valence-electron chi connectivity index (χ0n) is 18.5. The first-order valence-corrected chi connectivity index (χ1v) is 10.8. The lowest BCUT2D eigenvalue weighted by molar-refractivity contribution is -0.131.